The van der Waals surface area contributed by atoms with Gasteiger partial charge >= 0.3 is 12.6 Å². The first kappa shape index (κ1) is 19.5. The number of hydrogen-bond donors (Lipinski definition) is 1. The molecule has 0 atom stereocenters. The van der Waals surface area contributed by atoms with Gasteiger partial charge in [-0.15, -0.1) is 0 Å². The molecule has 0 unspecified atom stereocenters. The van der Waals surface area contributed by atoms with E-state index >= 15 is 0 Å². The second kappa shape index (κ2) is 8.63. The first-order valence-corrected chi connectivity index (χ1v) is 9.04. The monoisotopic (exact) mass is 378 g/mol. The van der Waals surface area contributed by atoms with Crippen molar-refractivity contribution in [3.63, 3.8) is 0 Å². The second-order valence-electron chi connectivity index (χ2n) is 6.96. The third kappa shape index (κ3) is 4.93. The van der Waals surface area contributed by atoms with Crippen LogP contribution < -0.4 is 4.74 Å². The number of halogens is 2. The number of fused-ring (bicyclic) bond motifs is 1. The molecule has 1 N–H and O–H groups in total. The van der Waals surface area contributed by atoms with Crippen molar-refractivity contribution >= 4 is 16.7 Å². The first-order chi connectivity index (χ1) is 12.9. The van der Waals surface area contributed by atoms with Gasteiger partial charge in [0.05, 0.1) is 6.54 Å². The van der Waals surface area contributed by atoms with Crippen LogP contribution in [0.25, 0.3) is 10.8 Å². The summed E-state index contributed by atoms with van der Waals surface area (Å²) >= 11 is 0. The van der Waals surface area contributed by atoms with Crippen LogP contribution in [0.2, 0.25) is 0 Å². The van der Waals surface area contributed by atoms with Gasteiger partial charge in [0, 0.05) is 18.2 Å². The maximum atomic E-state index is 12.8. The number of alkyl halides is 2. The van der Waals surface area contributed by atoms with E-state index in [1.807, 2.05) is 36.2 Å². The van der Waals surface area contributed by atoms with E-state index in [4.69, 9.17) is 9.84 Å². The van der Waals surface area contributed by atoms with Crippen LogP contribution in [0.3, 0.4) is 0 Å². The van der Waals surface area contributed by atoms with E-state index in [1.165, 1.54) is 0 Å². The highest BCUT2D eigenvalue weighted by Gasteiger charge is 2.25. The van der Waals surface area contributed by atoms with Gasteiger partial charge in [0.1, 0.15) is 5.75 Å². The van der Waals surface area contributed by atoms with E-state index in [1.54, 1.807) is 12.1 Å². The minimum Gasteiger partial charge on any atom is -0.480 e. The van der Waals surface area contributed by atoms with Gasteiger partial charge in [0.15, 0.2) is 0 Å². The maximum Gasteiger partial charge on any atom is 0.387 e. The quantitative estimate of drug-likeness (QED) is 0.800. The van der Waals surface area contributed by atoms with Crippen molar-refractivity contribution in [2.24, 2.45) is 0 Å². The molecular formula is C20H24F2N2O3. The summed E-state index contributed by atoms with van der Waals surface area (Å²) in [5, 5.41) is 10.8. The van der Waals surface area contributed by atoms with Crippen LogP contribution >= 0.6 is 0 Å². The largest absolute Gasteiger partial charge is 0.480 e. The van der Waals surface area contributed by atoms with E-state index in [0.29, 0.717) is 6.54 Å². The smallest absolute Gasteiger partial charge is 0.387 e. The molecule has 1 heterocycles. The Hall–Kier alpha value is -2.25. The van der Waals surface area contributed by atoms with Crippen molar-refractivity contribution in [1.29, 1.82) is 0 Å². The van der Waals surface area contributed by atoms with Crippen LogP contribution in [0.4, 0.5) is 8.78 Å². The lowest BCUT2D eigenvalue weighted by Crippen LogP contribution is -2.44. The molecule has 3 rings (SSSR count). The normalized spacial score (nSPS) is 16.3. The summed E-state index contributed by atoms with van der Waals surface area (Å²) in [5.41, 5.74) is 0.769. The molecule has 5 nitrogen and oxygen atoms in total. The fourth-order valence-electron chi connectivity index (χ4n) is 3.77. The number of carboxylic acids is 1. The Morgan fingerprint density at radius 3 is 2.63 bits per heavy atom. The van der Waals surface area contributed by atoms with Crippen molar-refractivity contribution in [3.8, 4) is 5.75 Å². The van der Waals surface area contributed by atoms with E-state index in [0.717, 1.165) is 42.3 Å². The van der Waals surface area contributed by atoms with Crippen LogP contribution in [0.5, 0.6) is 5.75 Å². The molecule has 2 aromatic carbocycles. The van der Waals surface area contributed by atoms with Crippen LogP contribution in [0.1, 0.15) is 18.4 Å². The zero-order valence-electron chi connectivity index (χ0n) is 15.3. The molecule has 1 saturated heterocycles. The Morgan fingerprint density at radius 1 is 1.26 bits per heavy atom. The summed E-state index contributed by atoms with van der Waals surface area (Å²) < 4.78 is 30.4. The van der Waals surface area contributed by atoms with Crippen molar-refractivity contribution in [2.75, 3.05) is 26.7 Å². The number of piperidine rings is 1. The van der Waals surface area contributed by atoms with Gasteiger partial charge in [0.25, 0.3) is 0 Å². The van der Waals surface area contributed by atoms with Crippen molar-refractivity contribution in [2.45, 2.75) is 32.0 Å². The van der Waals surface area contributed by atoms with Crippen molar-refractivity contribution in [1.82, 2.24) is 9.80 Å². The highest BCUT2D eigenvalue weighted by Crippen LogP contribution is 2.31. The molecule has 0 aliphatic carbocycles. The fourth-order valence-corrected chi connectivity index (χ4v) is 3.77. The Balaban J connectivity index is 1.74. The van der Waals surface area contributed by atoms with Gasteiger partial charge in [-0.1, -0.05) is 30.3 Å². The molecule has 0 radical (unpaired) electrons. The molecule has 0 bridgehead atoms. The number of hydrogen-bond acceptors (Lipinski definition) is 4. The topological polar surface area (TPSA) is 53.0 Å². The number of likely N-dealkylation sites (N-methyl/N-ethyl adjacent to an activating group) is 1. The van der Waals surface area contributed by atoms with E-state index in [9.17, 15) is 13.6 Å². The number of ether oxygens (including phenoxy) is 1. The average Bonchev–Trinajstić information content (AvgIpc) is 2.63. The molecule has 27 heavy (non-hydrogen) atoms. The number of nitrogens with zero attached hydrogens (tertiary/aromatic N) is 2. The van der Waals surface area contributed by atoms with E-state index in [-0.39, 0.29) is 18.3 Å². The Kier molecular flexibility index (Phi) is 6.23. The highest BCUT2D eigenvalue weighted by molar-refractivity contribution is 5.87. The van der Waals surface area contributed by atoms with Gasteiger partial charge in [-0.05, 0) is 49.8 Å². The van der Waals surface area contributed by atoms with E-state index < -0.39 is 12.6 Å². The summed E-state index contributed by atoms with van der Waals surface area (Å²) in [7, 11) is 1.83. The molecule has 0 aromatic heterocycles. The van der Waals surface area contributed by atoms with Gasteiger partial charge in [0.2, 0.25) is 0 Å². The molecule has 7 heteroatoms. The molecule has 0 amide bonds. The van der Waals surface area contributed by atoms with Crippen molar-refractivity contribution < 1.29 is 23.4 Å². The predicted molar refractivity (Wildman–Crippen MR) is 99.1 cm³/mol. The number of benzene rings is 2. The SMILES string of the molecule is CN(CC(=O)O)C1CCN(Cc2c(OC(F)F)ccc3ccccc23)CC1. The summed E-state index contributed by atoms with van der Waals surface area (Å²) in [6.45, 7) is -0.739. The number of aliphatic carboxylic acids is 1. The summed E-state index contributed by atoms with van der Waals surface area (Å²) in [6.07, 6.45) is 1.69. The number of carbonyl (C=O) groups is 1. The summed E-state index contributed by atoms with van der Waals surface area (Å²) in [6, 6.07) is 11.3. The minimum atomic E-state index is -2.86. The lowest BCUT2D eigenvalue weighted by Gasteiger charge is -2.36. The van der Waals surface area contributed by atoms with Crippen LogP contribution in [0, 0.1) is 0 Å². The van der Waals surface area contributed by atoms with E-state index in [2.05, 4.69) is 4.90 Å². The Labute approximate surface area is 157 Å². The van der Waals surface area contributed by atoms with Gasteiger partial charge < -0.3 is 9.84 Å². The standard InChI is InChI=1S/C20H24F2N2O3/c1-23(13-19(25)26)15-8-10-24(11-9-15)12-17-16-5-3-2-4-14(16)6-7-18(17)27-20(21)22/h2-7,15,20H,8-13H2,1H3,(H,25,26). The molecule has 146 valence electrons. The van der Waals surface area contributed by atoms with Gasteiger partial charge in [-0.2, -0.15) is 8.78 Å². The van der Waals surface area contributed by atoms with Crippen LogP contribution in [0.15, 0.2) is 36.4 Å². The number of rotatable bonds is 7. The lowest BCUT2D eigenvalue weighted by molar-refractivity contribution is -0.138. The molecule has 1 aliphatic heterocycles. The Morgan fingerprint density at radius 2 is 1.96 bits per heavy atom. The van der Waals surface area contributed by atoms with Crippen LogP contribution in [-0.4, -0.2) is 60.2 Å². The Bertz CT molecular complexity index is 792. The number of likely N-dealkylation sites (tertiary alicyclic amines) is 1. The third-order valence-corrected chi connectivity index (χ3v) is 5.16. The fraction of sp³-hybridized carbons (Fsp3) is 0.450. The second-order valence-corrected chi connectivity index (χ2v) is 6.96. The lowest BCUT2D eigenvalue weighted by atomic mass is 10.00. The predicted octanol–water partition coefficient (Wildman–Crippen LogP) is 3.42. The highest BCUT2D eigenvalue weighted by atomic mass is 19.3. The zero-order chi connectivity index (χ0) is 19.4. The molecule has 2 aromatic rings. The number of carboxylic acid groups (broad SMARTS) is 1. The van der Waals surface area contributed by atoms with Gasteiger partial charge in [-0.3, -0.25) is 14.6 Å². The molecule has 1 aliphatic rings. The summed E-state index contributed by atoms with van der Waals surface area (Å²) in [4.78, 5) is 15.0. The zero-order valence-corrected chi connectivity index (χ0v) is 15.3. The average molecular weight is 378 g/mol. The summed E-state index contributed by atoms with van der Waals surface area (Å²) in [5.74, 6) is -0.613. The third-order valence-electron chi connectivity index (χ3n) is 5.16. The maximum absolute atomic E-state index is 12.8. The van der Waals surface area contributed by atoms with Crippen molar-refractivity contribution in [3.05, 3.63) is 42.0 Å². The van der Waals surface area contributed by atoms with Crippen LogP contribution in [-0.2, 0) is 11.3 Å². The molecule has 0 saturated carbocycles. The molecule has 1 fully saturated rings. The van der Waals surface area contributed by atoms with Gasteiger partial charge in [-0.25, -0.2) is 0 Å². The first-order valence-electron chi connectivity index (χ1n) is 9.04. The minimum absolute atomic E-state index is 0.0281. The molecular weight excluding hydrogens is 354 g/mol. The molecule has 0 spiro atoms.